The minimum absolute atomic E-state index is 0.00511. The predicted octanol–water partition coefficient (Wildman–Crippen LogP) is -6.58. The highest BCUT2D eigenvalue weighted by Crippen LogP contribution is 2.33. The van der Waals surface area contributed by atoms with Crippen molar-refractivity contribution in [3.63, 3.8) is 0 Å². The molecule has 0 aromatic rings. The molecule has 50 heteroatoms. The lowest BCUT2D eigenvalue weighted by atomic mass is 9.99. The van der Waals surface area contributed by atoms with Crippen LogP contribution in [0.25, 0.3) is 0 Å². The lowest BCUT2D eigenvalue weighted by molar-refractivity contribution is -0.143. The van der Waals surface area contributed by atoms with Crippen LogP contribution in [0.5, 0.6) is 0 Å². The summed E-state index contributed by atoms with van der Waals surface area (Å²) in [5.74, 6) is -20.8. The molecule has 2 rings (SSSR count). The quantitative estimate of drug-likeness (QED) is 0.00885. The Bertz CT molecular complexity index is 3840. The van der Waals surface area contributed by atoms with Gasteiger partial charge in [-0.05, 0) is 115 Å². The van der Waals surface area contributed by atoms with Gasteiger partial charge in [-0.25, -0.2) is 9.59 Å². The molecule has 0 aromatic carbocycles. The van der Waals surface area contributed by atoms with Crippen LogP contribution in [0.1, 0.15) is 160 Å². The Morgan fingerprint density at radius 1 is 0.421 bits per heavy atom. The molecule has 2 aliphatic rings. The maximum Gasteiger partial charge on any atom is 0.326 e. The van der Waals surface area contributed by atoms with E-state index in [1.807, 2.05) is 0 Å². The number of nitrogens with one attached hydrogen (secondary N) is 19. The zero-order valence-electron chi connectivity index (χ0n) is 73.0. The zero-order chi connectivity index (χ0) is 95.5. The number of aliphatic carboxylic acids is 3. The predicted molar refractivity (Wildman–Crippen MR) is 469 cm³/mol. The molecule has 19 amide bonds. The van der Waals surface area contributed by atoms with E-state index in [2.05, 4.69) is 131 Å². The van der Waals surface area contributed by atoms with Crippen LogP contribution < -0.4 is 112 Å². The summed E-state index contributed by atoms with van der Waals surface area (Å²) in [5.41, 5.74) is 10.6. The fourth-order valence-corrected chi connectivity index (χ4v) is 14.9. The van der Waals surface area contributed by atoms with Crippen molar-refractivity contribution in [1.29, 1.82) is 0 Å². The van der Waals surface area contributed by atoms with Crippen LogP contribution in [-0.4, -0.2) is 303 Å². The van der Waals surface area contributed by atoms with Gasteiger partial charge in [0, 0.05) is 48.3 Å². The van der Waals surface area contributed by atoms with Crippen LogP contribution in [0.4, 0.5) is 4.79 Å². The maximum atomic E-state index is 14.0. The lowest BCUT2D eigenvalue weighted by Crippen LogP contribution is -2.60. The molecule has 2 heterocycles. The van der Waals surface area contributed by atoms with Gasteiger partial charge in [-0.3, -0.25) is 96.1 Å². The Morgan fingerprint density at radius 2 is 0.817 bits per heavy atom. The maximum absolute atomic E-state index is 14.0. The van der Waals surface area contributed by atoms with Crippen molar-refractivity contribution in [2.75, 3.05) is 55.4 Å². The summed E-state index contributed by atoms with van der Waals surface area (Å²) in [6.45, 7) is 15.9. The number of guanidine groups is 1. The van der Waals surface area contributed by atoms with Crippen LogP contribution in [-0.2, 0) is 95.9 Å². The lowest BCUT2D eigenvalue weighted by Gasteiger charge is -2.28. The SMILES string of the molecule is CSCC[C@H](NC(=O)[C@H](CC(C)C)NC(=O)CNC(=O)[C@H](C)NC(=O)[C@H](CS)NC(=O)[C@H](C)NC(=O)[C@H](CCC(=O)O)NC(=O)[C@H](C)NC(=O)[C@H](CS)NC(=O)[C@H](C)NC(=O)[C@H](CCC(=O)O)NC(=O)CCCC[C@@H]1SC[C@@H]2NC(=O)N[C@@H]21)C(=O)N[C@H](C(=O)NCC(=O)NCC(=O)N[C@H](C(=O)N[C@H](C(=O)N[C@@H](CCCN=C(N)N)C(=O)O)C(C)C)C(C)C)C(C)C. The Balaban J connectivity index is 2.01. The molecule has 2 fully saturated rings. The Labute approximate surface area is 749 Å². The first-order chi connectivity index (χ1) is 59.0. The van der Waals surface area contributed by atoms with Gasteiger partial charge in [0.2, 0.25) is 100 Å². The molecule has 17 atom stereocenters. The molecule has 126 heavy (non-hydrogen) atoms. The van der Waals surface area contributed by atoms with E-state index in [0.717, 1.165) is 5.75 Å². The van der Waals surface area contributed by atoms with Gasteiger partial charge in [0.1, 0.15) is 84.6 Å². The molecule has 0 bridgehead atoms. The number of urea groups is 1. The molecule has 0 radical (unpaired) electrons. The van der Waals surface area contributed by atoms with Gasteiger partial charge in [-0.2, -0.15) is 48.8 Å². The number of carboxylic acid groups (broad SMARTS) is 3. The molecule has 0 aromatic heterocycles. The van der Waals surface area contributed by atoms with Gasteiger partial charge in [-0.1, -0.05) is 61.8 Å². The summed E-state index contributed by atoms with van der Waals surface area (Å²) >= 11 is 11.3. The summed E-state index contributed by atoms with van der Waals surface area (Å²) in [5, 5.41) is 75.9. The average Bonchev–Trinajstić information content (AvgIpc) is 1.66. The number of hydrogen-bond acceptors (Lipinski definition) is 26. The topological polar surface area (TPSA) is 712 Å². The number of rotatable bonds is 59. The zero-order valence-corrected chi connectivity index (χ0v) is 76.4. The van der Waals surface area contributed by atoms with Crippen LogP contribution in [0.15, 0.2) is 4.99 Å². The first kappa shape index (κ1) is 111. The second-order valence-corrected chi connectivity index (χ2v) is 34.7. The van der Waals surface area contributed by atoms with Gasteiger partial charge >= 0.3 is 23.9 Å². The second kappa shape index (κ2) is 57.1. The minimum atomic E-state index is -1.67. The molecular formula is C76H128N22O24S4. The Morgan fingerprint density at radius 3 is 1.30 bits per heavy atom. The molecule has 0 aliphatic carbocycles. The number of carboxylic acids is 3. The summed E-state index contributed by atoms with van der Waals surface area (Å²) in [6, 6.07) is -19.7. The van der Waals surface area contributed by atoms with E-state index in [9.17, 15) is 116 Å². The van der Waals surface area contributed by atoms with Crippen molar-refractivity contribution in [3.05, 3.63) is 0 Å². The van der Waals surface area contributed by atoms with Crippen molar-refractivity contribution >= 4 is 179 Å². The number of amides is 19. The number of nitrogens with two attached hydrogens (primary N) is 2. The van der Waals surface area contributed by atoms with E-state index in [-0.39, 0.29) is 91.8 Å². The van der Waals surface area contributed by atoms with E-state index < -0.39 is 260 Å². The highest BCUT2D eigenvalue weighted by molar-refractivity contribution is 8.00. The first-order valence-electron chi connectivity index (χ1n) is 41.2. The van der Waals surface area contributed by atoms with Crippen LogP contribution in [0, 0.1) is 23.7 Å². The number of thiol groups is 2. The summed E-state index contributed by atoms with van der Waals surface area (Å²) in [4.78, 5) is 279. The van der Waals surface area contributed by atoms with Crippen molar-refractivity contribution < 1.29 is 116 Å². The van der Waals surface area contributed by atoms with Gasteiger partial charge in [0.15, 0.2) is 5.96 Å². The van der Waals surface area contributed by atoms with Crippen molar-refractivity contribution in [2.45, 2.75) is 262 Å². The van der Waals surface area contributed by atoms with Crippen LogP contribution in [0.2, 0.25) is 0 Å². The highest BCUT2D eigenvalue weighted by Gasteiger charge is 2.43. The number of unbranched alkanes of at least 4 members (excludes halogenated alkanes) is 1. The fraction of sp³-hybridized carbons (Fsp3) is 0.711. The Kier molecular flexibility index (Phi) is 50.5. The molecular weight excluding hydrogens is 1730 g/mol. The largest absolute Gasteiger partial charge is 0.481 e. The number of hydrogen-bond donors (Lipinski definition) is 26. The van der Waals surface area contributed by atoms with Crippen molar-refractivity contribution in [1.82, 2.24) is 101 Å². The fourth-order valence-electron chi connectivity index (χ4n) is 12.3. The van der Waals surface area contributed by atoms with E-state index in [1.165, 1.54) is 39.5 Å². The second-order valence-electron chi connectivity index (χ2n) is 31.7. The molecule has 46 nitrogen and oxygen atoms in total. The molecule has 0 saturated carbocycles. The van der Waals surface area contributed by atoms with E-state index >= 15 is 0 Å². The normalized spacial score (nSPS) is 17.2. The van der Waals surface area contributed by atoms with Gasteiger partial charge < -0.3 is 128 Å². The van der Waals surface area contributed by atoms with E-state index in [4.69, 9.17) is 11.5 Å². The first-order valence-corrected chi connectivity index (χ1v) is 44.9. The third-order valence-corrected chi connectivity index (χ3v) is 22.4. The number of nitrogens with zero attached hydrogens (tertiary/aromatic N) is 1. The molecule has 0 spiro atoms. The summed E-state index contributed by atoms with van der Waals surface area (Å²) in [6.07, 6.45) is 1.63. The number of carbonyl (C=O) groups is 21. The van der Waals surface area contributed by atoms with Gasteiger partial charge in [0.25, 0.3) is 0 Å². The number of carbonyl (C=O) groups excluding carboxylic acids is 18. The highest BCUT2D eigenvalue weighted by atomic mass is 32.2. The molecule has 2 saturated heterocycles. The Hall–Kier alpha value is -10.7. The summed E-state index contributed by atoms with van der Waals surface area (Å²) in [7, 11) is 0. The number of fused-ring (bicyclic) bond motifs is 1. The van der Waals surface area contributed by atoms with Crippen LogP contribution >= 0.6 is 48.8 Å². The van der Waals surface area contributed by atoms with Crippen molar-refractivity contribution in [2.24, 2.45) is 40.1 Å². The average molecular weight is 1860 g/mol. The molecule has 710 valence electrons. The van der Waals surface area contributed by atoms with Gasteiger partial charge in [0.05, 0.1) is 31.7 Å². The molecule has 0 unspecified atom stereocenters. The number of thioether (sulfide) groups is 2. The minimum Gasteiger partial charge on any atom is -0.481 e. The van der Waals surface area contributed by atoms with E-state index in [1.54, 1.807) is 73.4 Å². The van der Waals surface area contributed by atoms with Crippen molar-refractivity contribution in [3.8, 4) is 0 Å². The van der Waals surface area contributed by atoms with Gasteiger partial charge in [-0.15, -0.1) is 0 Å². The third-order valence-electron chi connectivity index (χ3n) is 19.5. The third kappa shape index (κ3) is 41.6. The van der Waals surface area contributed by atoms with Crippen LogP contribution in [0.3, 0.4) is 0 Å². The smallest absolute Gasteiger partial charge is 0.326 e. The standard InChI is InChI=1S/C76H128N22O24S4/c1-34(2)27-46(68(114)90-44(24-26-125-13)67(113)96-57(35(3)4)71(117)82-28-52(100)80-29-54(102)95-58(36(5)6)73(119)97-59(37(7)8)72(118)91-45(74(120)121)17-16-25-79-75(77)78)88-53(101)30-81-61(107)38(9)83-69(115)47(31-123)92-64(110)41(12)85-66(112)43(21-23-56(105)106)89-62(108)39(10)86-70(116)48(32-124)93-63(109)40(11)84-65(111)42(20-22-55(103)104)87-51(99)19-15-14-18-50-60-49(33-126-50)94-76(122)98-60/h34-50,57-60,123-124H,14-33H2,1-13H3,(H,80,100)(H,81,107)(H,82,117)(H,83,115)(H,84,111)(H,85,112)(H,86,116)(H,87,99)(H,88,101)(H,89,108)(H,90,114)(H,91,118)(H,92,110)(H,93,109)(H,95,102)(H,96,113)(H,97,119)(H,103,104)(H,105,106)(H,120,121)(H4,77,78,79)(H2,94,98,122)/t38-,39-,40-,41-,42-,43-,44-,45-,46-,47-,48-,49-,50-,57-,58-,59-,60-/m0/s1. The monoisotopic (exact) mass is 1860 g/mol. The summed E-state index contributed by atoms with van der Waals surface area (Å²) < 4.78 is 0. The molecule has 26 N–H and O–H groups in total. The number of aliphatic imine (C=N–C) groups is 1. The van der Waals surface area contributed by atoms with E-state index in [0.29, 0.717) is 25.0 Å². The molecule has 2 aliphatic heterocycles.